The van der Waals surface area contributed by atoms with Crippen LogP contribution in [0.2, 0.25) is 0 Å². The Morgan fingerprint density at radius 2 is 2.07 bits per heavy atom. The Hall–Kier alpha value is -2.14. The van der Waals surface area contributed by atoms with Gasteiger partial charge < -0.3 is 4.98 Å². The van der Waals surface area contributed by atoms with Gasteiger partial charge in [-0.05, 0) is 12.1 Å². The minimum absolute atomic E-state index is 0.338. The van der Waals surface area contributed by atoms with Crippen molar-refractivity contribution >= 4 is 5.97 Å². The standard InChI is InChI=1S/C7H6O3.C3H4N2/c8-7(10-9)6-4-2-1-3-5-6;1-2-5-3-4-1/h1-5,9H;1-3H,(H,4,5). The van der Waals surface area contributed by atoms with Gasteiger partial charge in [-0.1, -0.05) is 18.2 Å². The van der Waals surface area contributed by atoms with Crippen molar-refractivity contribution in [1.29, 1.82) is 0 Å². The van der Waals surface area contributed by atoms with Gasteiger partial charge in [0.1, 0.15) is 0 Å². The molecule has 0 aliphatic heterocycles. The second-order valence-electron chi connectivity index (χ2n) is 2.51. The number of carbonyl (C=O) groups excluding carboxylic acids is 1. The number of carbonyl (C=O) groups is 1. The molecule has 2 N–H and O–H groups in total. The Morgan fingerprint density at radius 3 is 2.47 bits per heavy atom. The minimum atomic E-state index is -0.736. The van der Waals surface area contributed by atoms with Crippen molar-refractivity contribution < 1.29 is 14.9 Å². The van der Waals surface area contributed by atoms with E-state index in [1.54, 1.807) is 49.1 Å². The Bertz CT molecular complexity index is 356. The van der Waals surface area contributed by atoms with Gasteiger partial charge >= 0.3 is 5.97 Å². The number of nitrogens with one attached hydrogen (secondary N) is 1. The van der Waals surface area contributed by atoms with Gasteiger partial charge in [0, 0.05) is 12.4 Å². The van der Waals surface area contributed by atoms with Gasteiger partial charge in [0.15, 0.2) is 0 Å². The van der Waals surface area contributed by atoms with Crippen LogP contribution in [0.15, 0.2) is 49.1 Å². The van der Waals surface area contributed by atoms with Crippen molar-refractivity contribution in [3.8, 4) is 0 Å². The van der Waals surface area contributed by atoms with Crippen LogP contribution in [-0.2, 0) is 4.89 Å². The summed E-state index contributed by atoms with van der Waals surface area (Å²) in [5.41, 5.74) is 0.338. The van der Waals surface area contributed by atoms with Crippen LogP contribution >= 0.6 is 0 Å². The van der Waals surface area contributed by atoms with Crippen molar-refractivity contribution in [2.45, 2.75) is 0 Å². The number of hydrogen-bond donors (Lipinski definition) is 2. The van der Waals surface area contributed by atoms with E-state index in [0.717, 1.165) is 0 Å². The van der Waals surface area contributed by atoms with E-state index in [4.69, 9.17) is 5.26 Å². The second-order valence-corrected chi connectivity index (χ2v) is 2.51. The van der Waals surface area contributed by atoms with E-state index in [2.05, 4.69) is 14.9 Å². The van der Waals surface area contributed by atoms with Gasteiger partial charge in [-0.3, -0.25) is 4.89 Å². The third kappa shape index (κ3) is 4.06. The van der Waals surface area contributed by atoms with Crippen molar-refractivity contribution in [3.63, 3.8) is 0 Å². The predicted octanol–water partition coefficient (Wildman–Crippen LogP) is 1.73. The first-order valence-corrected chi connectivity index (χ1v) is 4.18. The summed E-state index contributed by atoms with van der Waals surface area (Å²) in [6, 6.07) is 8.25. The first kappa shape index (κ1) is 10.9. The van der Waals surface area contributed by atoms with Gasteiger partial charge in [0.2, 0.25) is 0 Å². The van der Waals surface area contributed by atoms with E-state index < -0.39 is 5.97 Å². The maximum absolute atomic E-state index is 10.5. The van der Waals surface area contributed by atoms with Gasteiger partial charge in [-0.2, -0.15) is 5.26 Å². The van der Waals surface area contributed by atoms with Gasteiger partial charge in [0.25, 0.3) is 0 Å². The van der Waals surface area contributed by atoms with Crippen LogP contribution in [0, 0.1) is 0 Å². The smallest absolute Gasteiger partial charge is 0.351 e. The Morgan fingerprint density at radius 1 is 1.33 bits per heavy atom. The molecule has 0 saturated carbocycles. The minimum Gasteiger partial charge on any atom is -0.351 e. The average molecular weight is 206 g/mol. The number of aromatic amines is 1. The van der Waals surface area contributed by atoms with Crippen LogP contribution in [0.1, 0.15) is 10.4 Å². The highest BCUT2D eigenvalue weighted by atomic mass is 17.1. The molecule has 1 heterocycles. The first-order chi connectivity index (χ1) is 7.34. The lowest BCUT2D eigenvalue weighted by Crippen LogP contribution is -2.00. The monoisotopic (exact) mass is 206 g/mol. The summed E-state index contributed by atoms with van der Waals surface area (Å²) in [5.74, 6) is -0.736. The summed E-state index contributed by atoms with van der Waals surface area (Å²) >= 11 is 0. The van der Waals surface area contributed by atoms with Gasteiger partial charge in [-0.15, -0.1) is 0 Å². The fourth-order valence-electron chi connectivity index (χ4n) is 0.842. The molecular weight excluding hydrogens is 196 g/mol. The molecule has 0 saturated heterocycles. The van der Waals surface area contributed by atoms with E-state index in [9.17, 15) is 4.79 Å². The normalized spacial score (nSPS) is 8.60. The highest BCUT2D eigenvalue weighted by molar-refractivity contribution is 5.88. The maximum atomic E-state index is 10.5. The molecule has 5 heteroatoms. The average Bonchev–Trinajstić information content (AvgIpc) is 2.88. The predicted molar refractivity (Wildman–Crippen MR) is 53.1 cm³/mol. The van der Waals surface area contributed by atoms with E-state index in [1.807, 2.05) is 0 Å². The van der Waals surface area contributed by atoms with Crippen molar-refractivity contribution in [3.05, 3.63) is 54.6 Å². The lowest BCUT2D eigenvalue weighted by Gasteiger charge is -1.92. The summed E-state index contributed by atoms with van der Waals surface area (Å²) in [6.07, 6.45) is 5.08. The molecular formula is C10H10N2O3. The molecule has 0 fully saturated rings. The molecule has 5 nitrogen and oxygen atoms in total. The van der Waals surface area contributed by atoms with Crippen LogP contribution < -0.4 is 0 Å². The summed E-state index contributed by atoms with van der Waals surface area (Å²) in [7, 11) is 0. The number of H-pyrrole nitrogens is 1. The molecule has 0 aliphatic rings. The zero-order chi connectivity index (χ0) is 10.9. The number of rotatable bonds is 1. The van der Waals surface area contributed by atoms with Gasteiger partial charge in [0.05, 0.1) is 11.9 Å². The van der Waals surface area contributed by atoms with E-state index >= 15 is 0 Å². The molecule has 0 bridgehead atoms. The molecule has 2 aromatic rings. The highest BCUT2D eigenvalue weighted by Gasteiger charge is 2.02. The highest BCUT2D eigenvalue weighted by Crippen LogP contribution is 1.98. The Labute approximate surface area is 86.3 Å². The molecule has 0 radical (unpaired) electrons. The SMILES string of the molecule is O=C(OO)c1ccccc1.c1c[nH]cn1. The van der Waals surface area contributed by atoms with Crippen LogP contribution in [0.3, 0.4) is 0 Å². The zero-order valence-corrected chi connectivity index (χ0v) is 7.83. The van der Waals surface area contributed by atoms with Crippen LogP contribution in [0.4, 0.5) is 0 Å². The molecule has 2 rings (SSSR count). The Balaban J connectivity index is 0.000000187. The van der Waals surface area contributed by atoms with E-state index in [-0.39, 0.29) is 0 Å². The number of benzene rings is 1. The molecule has 1 aromatic heterocycles. The van der Waals surface area contributed by atoms with Crippen molar-refractivity contribution in [1.82, 2.24) is 9.97 Å². The summed E-state index contributed by atoms with van der Waals surface area (Å²) in [5, 5.41) is 7.94. The number of imidazole rings is 1. The summed E-state index contributed by atoms with van der Waals surface area (Å²) in [4.78, 5) is 20.5. The summed E-state index contributed by atoms with van der Waals surface area (Å²) < 4.78 is 0. The van der Waals surface area contributed by atoms with Crippen LogP contribution in [0.25, 0.3) is 0 Å². The first-order valence-electron chi connectivity index (χ1n) is 4.18. The molecule has 0 amide bonds. The maximum Gasteiger partial charge on any atom is 0.372 e. The Kier molecular flexibility index (Phi) is 4.62. The zero-order valence-electron chi connectivity index (χ0n) is 7.83. The molecule has 0 spiro atoms. The fourth-order valence-corrected chi connectivity index (χ4v) is 0.842. The number of nitrogens with zero attached hydrogens (tertiary/aromatic N) is 1. The topological polar surface area (TPSA) is 75.2 Å². The molecule has 0 aliphatic carbocycles. The quantitative estimate of drug-likeness (QED) is 0.550. The lowest BCUT2D eigenvalue weighted by atomic mass is 10.2. The fraction of sp³-hybridized carbons (Fsp3) is 0. The number of aromatic nitrogens is 2. The van der Waals surface area contributed by atoms with Crippen molar-refractivity contribution in [2.75, 3.05) is 0 Å². The molecule has 78 valence electrons. The molecule has 15 heavy (non-hydrogen) atoms. The van der Waals surface area contributed by atoms with E-state index in [0.29, 0.717) is 5.56 Å². The molecule has 1 aromatic carbocycles. The lowest BCUT2D eigenvalue weighted by molar-refractivity contribution is -0.182. The third-order valence-corrected chi connectivity index (χ3v) is 1.50. The van der Waals surface area contributed by atoms with Crippen LogP contribution in [0.5, 0.6) is 0 Å². The largest absolute Gasteiger partial charge is 0.372 e. The molecule has 0 unspecified atom stereocenters. The second kappa shape index (κ2) is 6.33. The van der Waals surface area contributed by atoms with Gasteiger partial charge in [-0.25, -0.2) is 9.78 Å². The third-order valence-electron chi connectivity index (χ3n) is 1.50. The van der Waals surface area contributed by atoms with E-state index in [1.165, 1.54) is 0 Å². The summed E-state index contributed by atoms with van der Waals surface area (Å²) in [6.45, 7) is 0. The number of hydrogen-bond acceptors (Lipinski definition) is 4. The van der Waals surface area contributed by atoms with Crippen molar-refractivity contribution in [2.24, 2.45) is 0 Å². The van der Waals surface area contributed by atoms with Crippen LogP contribution in [-0.4, -0.2) is 21.2 Å². The molecule has 0 atom stereocenters.